The molecule has 4 aliphatic rings. The number of aliphatic imine (C=N–C) groups is 1. The van der Waals surface area contributed by atoms with E-state index in [0.29, 0.717) is 5.41 Å². The van der Waals surface area contributed by atoms with Gasteiger partial charge in [0.25, 0.3) is 0 Å². The van der Waals surface area contributed by atoms with Crippen LogP contribution in [0.2, 0.25) is 0 Å². The monoisotopic (exact) mass is 522 g/mol. The first-order chi connectivity index (χ1) is 13.3. The molecular weight excluding hydrogens is 483 g/mol. The normalized spacial score (nSPS) is 31.2. The molecule has 1 N–H and O–H groups in total. The van der Waals surface area contributed by atoms with Gasteiger partial charge in [-0.15, -0.1) is 24.0 Å². The summed E-state index contributed by atoms with van der Waals surface area (Å²) in [6.45, 7) is 10.4. The highest BCUT2D eigenvalue weighted by Crippen LogP contribution is 2.43. The molecule has 28 heavy (non-hydrogen) atoms. The smallest absolute Gasteiger partial charge is 0.193 e. The van der Waals surface area contributed by atoms with Gasteiger partial charge in [0, 0.05) is 38.5 Å². The first kappa shape index (κ1) is 22.9. The molecule has 0 radical (unpaired) electrons. The Kier molecular flexibility index (Phi) is 8.63. The van der Waals surface area contributed by atoms with Crippen LogP contribution < -0.4 is 5.32 Å². The molecule has 0 aromatic heterocycles. The summed E-state index contributed by atoms with van der Waals surface area (Å²) in [6.07, 6.45) is 9.79. The van der Waals surface area contributed by atoms with E-state index in [9.17, 15) is 0 Å². The fourth-order valence-corrected chi connectivity index (χ4v) is 7.05. The molecule has 4 fully saturated rings. The summed E-state index contributed by atoms with van der Waals surface area (Å²) >= 11 is 2.10. The molecule has 1 saturated carbocycles. The SMILES string of the molecule is CCNC(=NCC1(N2CCOCC2)CCSC1)N1CCC2(CCCCC2)C1.I. The minimum atomic E-state index is 0. The average molecular weight is 523 g/mol. The third-order valence-corrected chi connectivity index (χ3v) is 8.51. The number of hydrogen-bond acceptors (Lipinski definition) is 4. The number of rotatable bonds is 4. The van der Waals surface area contributed by atoms with E-state index in [0.717, 1.165) is 39.4 Å². The van der Waals surface area contributed by atoms with E-state index in [1.165, 1.54) is 75.5 Å². The maximum Gasteiger partial charge on any atom is 0.193 e. The van der Waals surface area contributed by atoms with Crippen molar-refractivity contribution in [2.24, 2.45) is 10.4 Å². The molecule has 162 valence electrons. The Labute approximate surface area is 192 Å². The summed E-state index contributed by atoms with van der Waals surface area (Å²) < 4.78 is 5.61. The van der Waals surface area contributed by atoms with Crippen molar-refractivity contribution in [3.05, 3.63) is 0 Å². The summed E-state index contributed by atoms with van der Waals surface area (Å²) in [4.78, 5) is 10.5. The van der Waals surface area contributed by atoms with Crippen LogP contribution in [0.5, 0.6) is 0 Å². The molecule has 0 aromatic carbocycles. The van der Waals surface area contributed by atoms with E-state index in [1.54, 1.807) is 0 Å². The average Bonchev–Trinajstić information content (AvgIpc) is 3.35. The number of hydrogen-bond donors (Lipinski definition) is 1. The third-order valence-electron chi connectivity index (χ3n) is 7.27. The summed E-state index contributed by atoms with van der Waals surface area (Å²) in [5, 5.41) is 3.62. The van der Waals surface area contributed by atoms with E-state index in [2.05, 4.69) is 33.8 Å². The van der Waals surface area contributed by atoms with Crippen molar-refractivity contribution in [2.45, 2.75) is 57.4 Å². The van der Waals surface area contributed by atoms with Gasteiger partial charge in [-0.25, -0.2) is 0 Å². The highest BCUT2D eigenvalue weighted by Gasteiger charge is 2.42. The summed E-state index contributed by atoms with van der Waals surface area (Å²) in [6, 6.07) is 0. The number of likely N-dealkylation sites (tertiary alicyclic amines) is 1. The van der Waals surface area contributed by atoms with E-state index in [4.69, 9.17) is 9.73 Å². The van der Waals surface area contributed by atoms with Crippen LogP contribution in [0.1, 0.15) is 51.9 Å². The Morgan fingerprint density at radius 3 is 2.54 bits per heavy atom. The van der Waals surface area contributed by atoms with Crippen LogP contribution >= 0.6 is 35.7 Å². The van der Waals surface area contributed by atoms with Crippen molar-refractivity contribution in [3.8, 4) is 0 Å². The molecular formula is C21H39IN4OS. The third kappa shape index (κ3) is 5.11. The van der Waals surface area contributed by atoms with Gasteiger partial charge in [0.15, 0.2) is 5.96 Å². The number of nitrogens with one attached hydrogen (secondary N) is 1. The van der Waals surface area contributed by atoms with Gasteiger partial charge in [-0.2, -0.15) is 11.8 Å². The van der Waals surface area contributed by atoms with Crippen molar-refractivity contribution in [1.29, 1.82) is 0 Å². The minimum absolute atomic E-state index is 0. The van der Waals surface area contributed by atoms with Crippen LogP contribution in [0.25, 0.3) is 0 Å². The van der Waals surface area contributed by atoms with Crippen LogP contribution in [0, 0.1) is 5.41 Å². The maximum absolute atomic E-state index is 5.61. The zero-order valence-electron chi connectivity index (χ0n) is 17.6. The lowest BCUT2D eigenvalue weighted by Gasteiger charge is -2.42. The molecule has 5 nitrogen and oxygen atoms in total. The van der Waals surface area contributed by atoms with Crippen molar-refractivity contribution in [1.82, 2.24) is 15.1 Å². The Hall–Kier alpha value is 0.270. The maximum atomic E-state index is 5.61. The zero-order chi connectivity index (χ0) is 18.6. The molecule has 4 rings (SSSR count). The van der Waals surface area contributed by atoms with Gasteiger partial charge in [0.05, 0.1) is 25.3 Å². The second-order valence-electron chi connectivity index (χ2n) is 9.03. The Balaban J connectivity index is 0.00000225. The fraction of sp³-hybridized carbons (Fsp3) is 0.952. The Bertz CT molecular complexity index is 515. The minimum Gasteiger partial charge on any atom is -0.379 e. The second kappa shape index (κ2) is 10.5. The molecule has 0 bridgehead atoms. The first-order valence-electron chi connectivity index (χ1n) is 11.2. The molecule has 0 aromatic rings. The van der Waals surface area contributed by atoms with Crippen molar-refractivity contribution in [3.63, 3.8) is 0 Å². The van der Waals surface area contributed by atoms with Gasteiger partial charge in [0.1, 0.15) is 0 Å². The van der Waals surface area contributed by atoms with E-state index in [-0.39, 0.29) is 29.5 Å². The fourth-order valence-electron chi connectivity index (χ4n) is 5.58. The first-order valence-corrected chi connectivity index (χ1v) is 12.3. The quantitative estimate of drug-likeness (QED) is 0.348. The van der Waals surface area contributed by atoms with Crippen LogP contribution in [0.15, 0.2) is 4.99 Å². The summed E-state index contributed by atoms with van der Waals surface area (Å²) in [5.74, 6) is 3.67. The number of nitrogens with zero attached hydrogens (tertiary/aromatic N) is 3. The zero-order valence-corrected chi connectivity index (χ0v) is 20.7. The van der Waals surface area contributed by atoms with Crippen molar-refractivity contribution < 1.29 is 4.74 Å². The number of halogens is 1. The predicted octanol–water partition coefficient (Wildman–Crippen LogP) is 3.43. The molecule has 3 heterocycles. The predicted molar refractivity (Wildman–Crippen MR) is 130 cm³/mol. The molecule has 1 spiro atoms. The molecule has 3 aliphatic heterocycles. The topological polar surface area (TPSA) is 40.1 Å². The van der Waals surface area contributed by atoms with Crippen LogP contribution in [-0.4, -0.2) is 85.3 Å². The van der Waals surface area contributed by atoms with Crippen LogP contribution in [0.4, 0.5) is 0 Å². The number of guanidine groups is 1. The lowest BCUT2D eigenvalue weighted by atomic mass is 9.73. The highest BCUT2D eigenvalue weighted by molar-refractivity contribution is 14.0. The molecule has 1 unspecified atom stereocenters. The van der Waals surface area contributed by atoms with Crippen LogP contribution in [-0.2, 0) is 4.74 Å². The number of morpholine rings is 1. The highest BCUT2D eigenvalue weighted by atomic mass is 127. The van der Waals surface area contributed by atoms with Crippen molar-refractivity contribution >= 4 is 41.7 Å². The van der Waals surface area contributed by atoms with Crippen LogP contribution in [0.3, 0.4) is 0 Å². The summed E-state index contributed by atoms with van der Waals surface area (Å²) in [7, 11) is 0. The largest absolute Gasteiger partial charge is 0.379 e. The lowest BCUT2D eigenvalue weighted by Crippen LogP contribution is -2.56. The van der Waals surface area contributed by atoms with Gasteiger partial charge in [-0.05, 0) is 43.8 Å². The van der Waals surface area contributed by atoms with E-state index >= 15 is 0 Å². The number of ether oxygens (including phenoxy) is 1. The van der Waals surface area contributed by atoms with Crippen molar-refractivity contribution in [2.75, 3.05) is 64.0 Å². The van der Waals surface area contributed by atoms with E-state index < -0.39 is 0 Å². The standard InChI is InChI=1S/C21H38N4OS.HI/c1-2-22-19(24-10-8-20(17-24)6-4-3-5-7-20)23-16-21(9-15-27-18-21)25-11-13-26-14-12-25;/h2-18H2,1H3,(H,22,23);1H. The Morgan fingerprint density at radius 1 is 1.07 bits per heavy atom. The summed E-state index contributed by atoms with van der Waals surface area (Å²) in [5.41, 5.74) is 0.830. The lowest BCUT2D eigenvalue weighted by molar-refractivity contribution is -0.0105. The molecule has 1 aliphatic carbocycles. The van der Waals surface area contributed by atoms with Gasteiger partial charge in [-0.1, -0.05) is 19.3 Å². The number of thioether (sulfide) groups is 1. The molecule has 7 heteroatoms. The van der Waals surface area contributed by atoms with Gasteiger partial charge in [-0.3, -0.25) is 9.89 Å². The van der Waals surface area contributed by atoms with Gasteiger partial charge in [0.2, 0.25) is 0 Å². The van der Waals surface area contributed by atoms with Gasteiger partial charge < -0.3 is 15.0 Å². The Morgan fingerprint density at radius 2 is 1.86 bits per heavy atom. The molecule has 3 saturated heterocycles. The van der Waals surface area contributed by atoms with E-state index in [1.807, 2.05) is 0 Å². The molecule has 0 amide bonds. The second-order valence-corrected chi connectivity index (χ2v) is 10.1. The molecule has 1 atom stereocenters. The van der Waals surface area contributed by atoms with Gasteiger partial charge >= 0.3 is 0 Å².